The third kappa shape index (κ3) is 3.41. The zero-order chi connectivity index (χ0) is 16.1. The van der Waals surface area contributed by atoms with Crippen LogP contribution in [0.1, 0.15) is 24.1 Å². The molecule has 0 saturated heterocycles. The Morgan fingerprint density at radius 1 is 1.27 bits per heavy atom. The molecule has 0 fully saturated rings. The molecule has 0 radical (unpaired) electrons. The molecule has 114 valence electrons. The van der Waals surface area contributed by atoms with Crippen molar-refractivity contribution in [3.63, 3.8) is 0 Å². The molecule has 0 aromatic heterocycles. The minimum Gasteiger partial charge on any atom is -0.872 e. The van der Waals surface area contributed by atoms with Gasteiger partial charge in [0.2, 0.25) is 0 Å². The van der Waals surface area contributed by atoms with Gasteiger partial charge in [-0.25, -0.2) is 0 Å². The quantitative estimate of drug-likeness (QED) is 0.482. The Kier molecular flexibility index (Phi) is 4.73. The maximum absolute atomic E-state index is 11.7. The molecule has 6 nitrogen and oxygen atoms in total. The summed E-state index contributed by atoms with van der Waals surface area (Å²) in [5.74, 6) is 0.398. The molecule has 22 heavy (non-hydrogen) atoms. The molecular weight excluding hydrogens is 284 g/mol. The Hall–Kier alpha value is -2.89. The number of aliphatic imine (C=N–C) groups is 1. The standard InChI is InChI=1S/C16H16N2O4/c1-11(14-5-3-4-6-16(14)22-2)17-10-12-9-13(18(20)21)7-8-15(12)19/h3-11,19H,1-2H3/p-1/t11-/m1/s1. The maximum atomic E-state index is 11.7. The molecule has 1 atom stereocenters. The second-order valence-corrected chi connectivity index (χ2v) is 4.68. The Labute approximate surface area is 127 Å². The summed E-state index contributed by atoms with van der Waals surface area (Å²) >= 11 is 0. The summed E-state index contributed by atoms with van der Waals surface area (Å²) in [6.07, 6.45) is 1.37. The smallest absolute Gasteiger partial charge is 0.270 e. The predicted molar refractivity (Wildman–Crippen MR) is 81.5 cm³/mol. The van der Waals surface area contributed by atoms with Gasteiger partial charge in [-0.2, -0.15) is 0 Å². The van der Waals surface area contributed by atoms with E-state index in [9.17, 15) is 15.2 Å². The molecule has 0 unspecified atom stereocenters. The summed E-state index contributed by atoms with van der Waals surface area (Å²) in [6.45, 7) is 1.86. The van der Waals surface area contributed by atoms with Crippen LogP contribution in [0.2, 0.25) is 0 Å². The molecule has 0 N–H and O–H groups in total. The second kappa shape index (κ2) is 6.71. The summed E-state index contributed by atoms with van der Waals surface area (Å²) in [5, 5.41) is 22.5. The van der Waals surface area contributed by atoms with Crippen molar-refractivity contribution in [2.45, 2.75) is 13.0 Å². The number of hydrogen-bond acceptors (Lipinski definition) is 5. The van der Waals surface area contributed by atoms with Crippen LogP contribution in [0.4, 0.5) is 5.69 Å². The molecule has 2 rings (SSSR count). The molecule has 0 bridgehead atoms. The first-order valence-electron chi connectivity index (χ1n) is 6.64. The van der Waals surface area contributed by atoms with Crippen molar-refractivity contribution in [3.05, 3.63) is 63.7 Å². The maximum Gasteiger partial charge on any atom is 0.270 e. The van der Waals surface area contributed by atoms with Gasteiger partial charge in [0.25, 0.3) is 5.69 Å². The average Bonchev–Trinajstić information content (AvgIpc) is 2.53. The van der Waals surface area contributed by atoms with Gasteiger partial charge < -0.3 is 9.84 Å². The lowest BCUT2D eigenvalue weighted by Gasteiger charge is -2.13. The molecule has 2 aromatic rings. The van der Waals surface area contributed by atoms with Crippen LogP contribution in [-0.4, -0.2) is 18.2 Å². The minimum absolute atomic E-state index is 0.133. The van der Waals surface area contributed by atoms with Gasteiger partial charge in [0.15, 0.2) is 0 Å². The lowest BCUT2D eigenvalue weighted by atomic mass is 10.1. The van der Waals surface area contributed by atoms with Gasteiger partial charge in [-0.1, -0.05) is 30.0 Å². The Morgan fingerprint density at radius 2 is 2.00 bits per heavy atom. The molecule has 0 aliphatic heterocycles. The molecule has 0 saturated carbocycles. The molecule has 0 aliphatic carbocycles. The number of nitro benzene ring substituents is 1. The van der Waals surface area contributed by atoms with Crippen LogP contribution in [0.3, 0.4) is 0 Å². The number of para-hydroxylation sites is 1. The Balaban J connectivity index is 2.28. The highest BCUT2D eigenvalue weighted by atomic mass is 16.6. The number of nitrogens with zero attached hydrogens (tertiary/aromatic N) is 2. The third-order valence-corrected chi connectivity index (χ3v) is 3.23. The first kappa shape index (κ1) is 15.5. The van der Waals surface area contributed by atoms with Gasteiger partial charge in [-0.05, 0) is 18.6 Å². The van der Waals surface area contributed by atoms with E-state index in [0.29, 0.717) is 5.75 Å². The fourth-order valence-corrected chi connectivity index (χ4v) is 2.03. The summed E-state index contributed by atoms with van der Waals surface area (Å²) < 4.78 is 5.27. The van der Waals surface area contributed by atoms with E-state index in [-0.39, 0.29) is 23.0 Å². The van der Waals surface area contributed by atoms with Crippen molar-refractivity contribution in [2.75, 3.05) is 7.11 Å². The zero-order valence-corrected chi connectivity index (χ0v) is 12.2. The van der Waals surface area contributed by atoms with E-state index in [0.717, 1.165) is 5.56 Å². The molecule has 0 amide bonds. The van der Waals surface area contributed by atoms with Crippen LogP contribution in [0, 0.1) is 10.1 Å². The third-order valence-electron chi connectivity index (χ3n) is 3.23. The number of non-ortho nitro benzene ring substituents is 1. The van der Waals surface area contributed by atoms with Gasteiger partial charge in [0, 0.05) is 23.9 Å². The van der Waals surface area contributed by atoms with E-state index < -0.39 is 4.92 Å². The van der Waals surface area contributed by atoms with Gasteiger partial charge in [0.05, 0.1) is 18.1 Å². The van der Waals surface area contributed by atoms with Gasteiger partial charge >= 0.3 is 0 Å². The van der Waals surface area contributed by atoms with Gasteiger partial charge in [0.1, 0.15) is 5.75 Å². The minimum atomic E-state index is -0.541. The lowest BCUT2D eigenvalue weighted by Crippen LogP contribution is -2.00. The highest BCUT2D eigenvalue weighted by Gasteiger charge is 2.09. The Bertz CT molecular complexity index is 713. The zero-order valence-electron chi connectivity index (χ0n) is 12.2. The van der Waals surface area contributed by atoms with Gasteiger partial charge in [-0.3, -0.25) is 15.1 Å². The summed E-state index contributed by atoms with van der Waals surface area (Å²) in [6, 6.07) is 10.8. The van der Waals surface area contributed by atoms with Crippen molar-refractivity contribution in [1.29, 1.82) is 0 Å². The fraction of sp³-hybridized carbons (Fsp3) is 0.188. The lowest BCUT2D eigenvalue weighted by molar-refractivity contribution is -0.385. The van der Waals surface area contributed by atoms with Crippen LogP contribution in [0.25, 0.3) is 0 Å². The van der Waals surface area contributed by atoms with E-state index in [1.165, 1.54) is 24.4 Å². The van der Waals surface area contributed by atoms with E-state index in [2.05, 4.69) is 4.99 Å². The van der Waals surface area contributed by atoms with E-state index in [1.807, 2.05) is 31.2 Å². The molecule has 0 aliphatic rings. The van der Waals surface area contributed by atoms with Crippen molar-refractivity contribution in [3.8, 4) is 11.5 Å². The molecule has 2 aromatic carbocycles. The molecule has 0 heterocycles. The molecular formula is C16H15N2O4-. The molecule has 0 spiro atoms. The van der Waals surface area contributed by atoms with Crippen LogP contribution in [0.5, 0.6) is 11.5 Å². The normalized spacial score (nSPS) is 12.3. The topological polar surface area (TPSA) is 87.8 Å². The van der Waals surface area contributed by atoms with Crippen molar-refractivity contribution >= 4 is 11.9 Å². The van der Waals surface area contributed by atoms with E-state index in [4.69, 9.17) is 4.74 Å². The number of hydrogen-bond donors (Lipinski definition) is 0. The monoisotopic (exact) mass is 299 g/mol. The van der Waals surface area contributed by atoms with Crippen molar-refractivity contribution in [1.82, 2.24) is 0 Å². The van der Waals surface area contributed by atoms with Crippen molar-refractivity contribution < 1.29 is 14.8 Å². The first-order valence-corrected chi connectivity index (χ1v) is 6.64. The first-order chi connectivity index (χ1) is 10.5. The van der Waals surface area contributed by atoms with Crippen LogP contribution in [0.15, 0.2) is 47.5 Å². The summed E-state index contributed by atoms with van der Waals surface area (Å²) in [7, 11) is 1.57. The average molecular weight is 299 g/mol. The number of ether oxygens (including phenoxy) is 1. The largest absolute Gasteiger partial charge is 0.872 e. The summed E-state index contributed by atoms with van der Waals surface area (Å²) in [4.78, 5) is 14.5. The second-order valence-electron chi connectivity index (χ2n) is 4.68. The number of methoxy groups -OCH3 is 1. The number of nitro groups is 1. The Morgan fingerprint density at radius 3 is 2.68 bits per heavy atom. The highest BCUT2D eigenvalue weighted by Crippen LogP contribution is 2.27. The van der Waals surface area contributed by atoms with Crippen LogP contribution >= 0.6 is 0 Å². The van der Waals surface area contributed by atoms with E-state index >= 15 is 0 Å². The van der Waals surface area contributed by atoms with Crippen LogP contribution in [-0.2, 0) is 0 Å². The molecule has 6 heteroatoms. The fourth-order valence-electron chi connectivity index (χ4n) is 2.03. The predicted octanol–water partition coefficient (Wildman–Crippen LogP) is 2.86. The van der Waals surface area contributed by atoms with Gasteiger partial charge in [-0.15, -0.1) is 0 Å². The number of rotatable bonds is 5. The number of benzene rings is 2. The SMILES string of the molecule is COc1ccccc1[C@@H](C)N=Cc1cc([N+](=O)[O-])ccc1[O-]. The highest BCUT2D eigenvalue weighted by molar-refractivity contribution is 5.84. The van der Waals surface area contributed by atoms with E-state index in [1.54, 1.807) is 7.11 Å². The van der Waals surface area contributed by atoms with Crippen molar-refractivity contribution in [2.24, 2.45) is 4.99 Å². The summed E-state index contributed by atoms with van der Waals surface area (Å²) in [5.41, 5.74) is 0.932. The van der Waals surface area contributed by atoms with Crippen LogP contribution < -0.4 is 9.84 Å².